The average molecular weight is 797 g/mol. The molecule has 0 aromatic heterocycles. The molecule has 2 saturated carbocycles. The van der Waals surface area contributed by atoms with Gasteiger partial charge in [-0.1, -0.05) is 78.4 Å². The molecular weight excluding hydrogens is 741 g/mol. The lowest BCUT2D eigenvalue weighted by molar-refractivity contribution is 0.232. The van der Waals surface area contributed by atoms with E-state index in [2.05, 4.69) is 31.7 Å². The van der Waals surface area contributed by atoms with Gasteiger partial charge < -0.3 is 41.3 Å². The van der Waals surface area contributed by atoms with Crippen LogP contribution in [0, 0.1) is 13.8 Å². The molecule has 310 valence electrons. The molecule has 58 heavy (non-hydrogen) atoms. The summed E-state index contributed by atoms with van der Waals surface area (Å²) in [5.74, 6) is -3.20. The zero-order valence-corrected chi connectivity index (χ0v) is 34.1. The number of amides is 4. The predicted octanol–water partition coefficient (Wildman–Crippen LogP) is 8.69. The molecule has 14 heteroatoms. The van der Waals surface area contributed by atoms with E-state index in [4.69, 9.17) is 0 Å². The Morgan fingerprint density at radius 2 is 0.914 bits per heavy atom. The second kappa shape index (κ2) is 17.3. The molecule has 0 radical (unpaired) electrons. The Kier molecular flexibility index (Phi) is 12.4. The molecule has 2 aliphatic rings. The van der Waals surface area contributed by atoms with E-state index in [9.17, 15) is 40.2 Å². The van der Waals surface area contributed by atoms with Gasteiger partial charge in [-0.25, -0.2) is 20.4 Å². The molecule has 6 rings (SSSR count). The fraction of sp³-hybridized carbons (Fsp3) is 0.455. The number of carbonyl (C=O) groups excluding carboxylic acids is 2. The minimum Gasteiger partial charge on any atom is -0.507 e. The van der Waals surface area contributed by atoms with E-state index in [1.807, 2.05) is 27.7 Å². The minimum atomic E-state index is -0.556. The van der Waals surface area contributed by atoms with Crippen LogP contribution < -0.4 is 21.5 Å². The lowest BCUT2D eigenvalue weighted by Gasteiger charge is -2.23. The molecule has 4 aromatic rings. The number of rotatable bonds is 9. The number of hydrazone groups is 2. The fourth-order valence-electron chi connectivity index (χ4n) is 8.86. The Hall–Kier alpha value is -5.92. The number of phenolic OH excluding ortho intramolecular Hbond substituents is 6. The maximum atomic E-state index is 12.7. The molecule has 0 unspecified atom stereocenters. The summed E-state index contributed by atoms with van der Waals surface area (Å²) in [5.41, 5.74) is 6.87. The van der Waals surface area contributed by atoms with Gasteiger partial charge in [0.2, 0.25) is 0 Å². The summed E-state index contributed by atoms with van der Waals surface area (Å²) in [6.07, 6.45) is 12.1. The molecule has 2 aliphatic carbocycles. The summed E-state index contributed by atoms with van der Waals surface area (Å²) in [7, 11) is 0. The Morgan fingerprint density at radius 3 is 1.24 bits per heavy atom. The number of carbonyl (C=O) groups is 2. The molecular formula is C44H56N6O8. The summed E-state index contributed by atoms with van der Waals surface area (Å²) in [6.45, 7) is 10.8. The van der Waals surface area contributed by atoms with Crippen LogP contribution in [0.15, 0.2) is 22.3 Å². The van der Waals surface area contributed by atoms with E-state index >= 15 is 0 Å². The molecule has 0 bridgehead atoms. The summed E-state index contributed by atoms with van der Waals surface area (Å²) in [6, 6.07) is 2.48. The van der Waals surface area contributed by atoms with Crippen LogP contribution in [0.4, 0.5) is 9.59 Å². The van der Waals surface area contributed by atoms with Gasteiger partial charge in [0.05, 0.1) is 23.6 Å². The van der Waals surface area contributed by atoms with Crippen LogP contribution in [0.2, 0.25) is 0 Å². The number of nitrogens with zero attached hydrogens (tertiary/aromatic N) is 2. The zero-order chi connectivity index (χ0) is 42.0. The predicted molar refractivity (Wildman–Crippen MR) is 227 cm³/mol. The smallest absolute Gasteiger partial charge is 0.335 e. The fourth-order valence-corrected chi connectivity index (χ4v) is 8.86. The number of benzene rings is 4. The van der Waals surface area contributed by atoms with E-state index in [-0.39, 0.29) is 68.4 Å². The second-order valence-corrected chi connectivity index (χ2v) is 16.4. The number of hydrogen-bond acceptors (Lipinski definition) is 10. The second-order valence-electron chi connectivity index (χ2n) is 16.4. The molecule has 0 spiro atoms. The summed E-state index contributed by atoms with van der Waals surface area (Å²) in [4.78, 5) is 25.4. The molecule has 2 fully saturated rings. The van der Waals surface area contributed by atoms with E-state index in [1.54, 1.807) is 26.0 Å². The third-order valence-electron chi connectivity index (χ3n) is 11.6. The maximum absolute atomic E-state index is 12.7. The first-order valence-corrected chi connectivity index (χ1v) is 20.3. The van der Waals surface area contributed by atoms with Gasteiger partial charge >= 0.3 is 12.1 Å². The average Bonchev–Trinajstić information content (AvgIpc) is 3.16. The number of nitrogens with one attached hydrogen (secondary N) is 4. The molecule has 4 amide bonds. The first-order chi connectivity index (χ1) is 27.6. The van der Waals surface area contributed by atoms with Crippen molar-refractivity contribution in [3.63, 3.8) is 0 Å². The summed E-state index contributed by atoms with van der Waals surface area (Å²) >= 11 is 0. The number of aryl methyl sites for hydroxylation is 2. The van der Waals surface area contributed by atoms with Gasteiger partial charge in [-0.15, -0.1) is 0 Å². The normalized spacial score (nSPS) is 15.7. The number of fused-ring (bicyclic) bond motifs is 2. The molecule has 0 heterocycles. The molecule has 0 saturated heterocycles. The standard InChI is InChI=1S/C44H56N6O8/c1-21(2)31-27-17-23(5)33(39(53)35(27)29(37(51)41(31)55)19-45-49-43(57)47-25-13-9-7-10-14-25)34-24(6)18-28-32(22(3)4)42(56)38(52)30(36(28)40(34)54)20-46-50-44(58)48-26-15-11-8-12-16-26/h17-22,25-26,51-56H,7-16H2,1-6H3,(H2,47,49,57)(H2,48,50,58)/b45-19+,46-20+. The van der Waals surface area contributed by atoms with Crippen LogP contribution in [-0.4, -0.2) is 67.2 Å². The molecule has 0 atom stereocenters. The lowest BCUT2D eigenvalue weighted by atomic mass is 9.83. The van der Waals surface area contributed by atoms with Crippen molar-refractivity contribution in [1.82, 2.24) is 21.5 Å². The molecule has 10 N–H and O–H groups in total. The van der Waals surface area contributed by atoms with Crippen molar-refractivity contribution in [2.24, 2.45) is 10.2 Å². The van der Waals surface area contributed by atoms with Crippen LogP contribution in [0.3, 0.4) is 0 Å². The van der Waals surface area contributed by atoms with Crippen LogP contribution in [0.25, 0.3) is 32.7 Å². The van der Waals surface area contributed by atoms with Crippen molar-refractivity contribution in [3.8, 4) is 45.6 Å². The van der Waals surface area contributed by atoms with Gasteiger partial charge in [-0.2, -0.15) is 10.2 Å². The van der Waals surface area contributed by atoms with Crippen LogP contribution in [-0.2, 0) is 0 Å². The van der Waals surface area contributed by atoms with E-state index in [0.717, 1.165) is 76.6 Å². The summed E-state index contributed by atoms with van der Waals surface area (Å²) < 4.78 is 0. The minimum absolute atomic E-state index is 0.0243. The summed E-state index contributed by atoms with van der Waals surface area (Å²) in [5, 5.41) is 85.1. The molecule has 4 aromatic carbocycles. The highest BCUT2D eigenvalue weighted by Gasteiger charge is 2.30. The van der Waals surface area contributed by atoms with Gasteiger partial charge in [0.25, 0.3) is 0 Å². The highest BCUT2D eigenvalue weighted by atomic mass is 16.3. The Labute approximate surface area is 338 Å². The highest BCUT2D eigenvalue weighted by molar-refractivity contribution is 6.15. The maximum Gasteiger partial charge on any atom is 0.335 e. The topological polar surface area (TPSA) is 228 Å². The van der Waals surface area contributed by atoms with E-state index < -0.39 is 35.1 Å². The van der Waals surface area contributed by atoms with Crippen molar-refractivity contribution in [1.29, 1.82) is 0 Å². The van der Waals surface area contributed by atoms with E-state index in [0.29, 0.717) is 33.0 Å². The molecule has 14 nitrogen and oxygen atoms in total. The molecule has 0 aliphatic heterocycles. The van der Waals surface area contributed by atoms with Crippen LogP contribution in [0.5, 0.6) is 34.5 Å². The third-order valence-corrected chi connectivity index (χ3v) is 11.6. The highest BCUT2D eigenvalue weighted by Crippen LogP contribution is 2.54. The number of phenols is 6. The van der Waals surface area contributed by atoms with Gasteiger partial charge in [0.15, 0.2) is 23.0 Å². The SMILES string of the molecule is Cc1cc2c(C(C)C)c(O)c(O)c(/C=N/NC(=O)NC3CCCCC3)c2c(O)c1-c1c(C)cc2c(C(C)C)c(O)c(O)c(/C=N/NC(=O)NC3CCCCC3)c2c1O. The van der Waals surface area contributed by atoms with Crippen molar-refractivity contribution in [2.45, 2.75) is 130 Å². The van der Waals surface area contributed by atoms with Gasteiger partial charge in [-0.3, -0.25) is 0 Å². The first kappa shape index (κ1) is 41.7. The number of urea groups is 2. The Balaban J connectivity index is 1.51. The monoisotopic (exact) mass is 796 g/mol. The van der Waals surface area contributed by atoms with Crippen molar-refractivity contribution < 1.29 is 40.2 Å². The van der Waals surface area contributed by atoms with E-state index in [1.165, 1.54) is 0 Å². The van der Waals surface area contributed by atoms with Gasteiger partial charge in [-0.05, 0) is 73.3 Å². The van der Waals surface area contributed by atoms with Crippen molar-refractivity contribution in [2.75, 3.05) is 0 Å². The lowest BCUT2D eigenvalue weighted by Crippen LogP contribution is -2.41. The third kappa shape index (κ3) is 8.09. The van der Waals surface area contributed by atoms with Crippen molar-refractivity contribution in [3.05, 3.63) is 45.5 Å². The van der Waals surface area contributed by atoms with Crippen LogP contribution in [0.1, 0.15) is 137 Å². The number of hydrogen-bond donors (Lipinski definition) is 10. The first-order valence-electron chi connectivity index (χ1n) is 20.3. The van der Waals surface area contributed by atoms with Gasteiger partial charge in [0.1, 0.15) is 11.5 Å². The van der Waals surface area contributed by atoms with Crippen molar-refractivity contribution >= 4 is 46.0 Å². The Morgan fingerprint density at radius 1 is 0.569 bits per heavy atom. The zero-order valence-electron chi connectivity index (χ0n) is 34.1. The van der Waals surface area contributed by atoms with Crippen LogP contribution >= 0.6 is 0 Å². The Bertz CT molecular complexity index is 2150. The quantitative estimate of drug-likeness (QED) is 0.0446. The van der Waals surface area contributed by atoms with Gasteiger partial charge in [0, 0.05) is 45.1 Å². The largest absolute Gasteiger partial charge is 0.507 e. The number of aromatic hydroxyl groups is 6.